The predicted molar refractivity (Wildman–Crippen MR) is 110 cm³/mol. The Morgan fingerprint density at radius 1 is 1.23 bits per heavy atom. The van der Waals surface area contributed by atoms with Gasteiger partial charge in [-0.1, -0.05) is 12.1 Å². The summed E-state index contributed by atoms with van der Waals surface area (Å²) >= 11 is 0. The van der Waals surface area contributed by atoms with Crippen molar-refractivity contribution in [1.29, 1.82) is 0 Å². The molecule has 1 atom stereocenters. The van der Waals surface area contributed by atoms with E-state index in [1.807, 2.05) is 6.92 Å². The molecule has 30 heavy (non-hydrogen) atoms. The van der Waals surface area contributed by atoms with Crippen LogP contribution >= 0.6 is 0 Å². The van der Waals surface area contributed by atoms with Crippen LogP contribution in [-0.2, 0) is 15.7 Å². The topological polar surface area (TPSA) is 59.9 Å². The number of methoxy groups -OCH3 is 1. The number of aliphatic imine (C=N–C) groups is 1. The van der Waals surface area contributed by atoms with E-state index in [9.17, 15) is 18.0 Å². The molecule has 0 unspecified atom stereocenters. The molecule has 0 saturated carbocycles. The van der Waals surface area contributed by atoms with E-state index in [2.05, 4.69) is 17.0 Å². The first-order chi connectivity index (χ1) is 14.2. The van der Waals surface area contributed by atoms with Gasteiger partial charge in [0.1, 0.15) is 11.4 Å². The summed E-state index contributed by atoms with van der Waals surface area (Å²) in [7, 11) is 1.55. The van der Waals surface area contributed by atoms with Gasteiger partial charge in [-0.2, -0.15) is 13.2 Å². The second-order valence-corrected chi connectivity index (χ2v) is 6.63. The van der Waals surface area contributed by atoms with Crippen LogP contribution in [0.25, 0.3) is 6.08 Å². The Balaban J connectivity index is 2.25. The Kier molecular flexibility index (Phi) is 7.77. The second kappa shape index (κ2) is 10.1. The maximum atomic E-state index is 12.7. The number of carbonyl (C=O) groups is 1. The molecule has 2 rings (SSSR count). The molecule has 8 heteroatoms. The molecule has 0 heterocycles. The summed E-state index contributed by atoms with van der Waals surface area (Å²) in [4.78, 5) is 16.3. The number of hydrogen-bond donors (Lipinski definition) is 1. The first-order valence-electron chi connectivity index (χ1n) is 9.08. The van der Waals surface area contributed by atoms with Crippen molar-refractivity contribution in [3.63, 3.8) is 0 Å². The fourth-order valence-corrected chi connectivity index (χ4v) is 2.67. The Morgan fingerprint density at radius 2 is 1.90 bits per heavy atom. The average molecular weight is 420 g/mol. The molecule has 2 aromatic carbocycles. The highest BCUT2D eigenvalue weighted by Gasteiger charge is 2.30. The van der Waals surface area contributed by atoms with Crippen LogP contribution in [0.4, 0.5) is 18.9 Å². The van der Waals surface area contributed by atoms with Gasteiger partial charge in [0.2, 0.25) is 5.91 Å². The lowest BCUT2D eigenvalue weighted by Gasteiger charge is -2.14. The zero-order valence-corrected chi connectivity index (χ0v) is 16.9. The van der Waals surface area contributed by atoms with Crippen molar-refractivity contribution in [3.05, 3.63) is 59.2 Å². The van der Waals surface area contributed by atoms with E-state index in [1.54, 1.807) is 38.3 Å². The largest absolute Gasteiger partial charge is 0.455 e. The van der Waals surface area contributed by atoms with Crippen molar-refractivity contribution in [1.82, 2.24) is 5.32 Å². The summed E-state index contributed by atoms with van der Waals surface area (Å²) in [6, 6.07) is 9.23. The van der Waals surface area contributed by atoms with E-state index in [4.69, 9.17) is 9.47 Å². The van der Waals surface area contributed by atoms with Crippen LogP contribution in [0, 0.1) is 0 Å². The van der Waals surface area contributed by atoms with E-state index in [-0.39, 0.29) is 17.7 Å². The quantitative estimate of drug-likeness (QED) is 0.461. The molecule has 0 fully saturated rings. The number of benzene rings is 2. The number of nitrogens with one attached hydrogen (secondary N) is 1. The third kappa shape index (κ3) is 6.18. The number of alkyl halides is 3. The number of nitrogens with zero attached hydrogens (tertiary/aromatic N) is 1. The van der Waals surface area contributed by atoms with Gasteiger partial charge in [-0.3, -0.25) is 9.79 Å². The van der Waals surface area contributed by atoms with E-state index in [1.165, 1.54) is 12.1 Å². The van der Waals surface area contributed by atoms with Crippen LogP contribution in [-0.4, -0.2) is 32.4 Å². The van der Waals surface area contributed by atoms with Crippen LogP contribution < -0.4 is 10.1 Å². The average Bonchev–Trinajstić information content (AvgIpc) is 2.68. The lowest BCUT2D eigenvalue weighted by molar-refractivity contribution is -0.137. The fraction of sp³-hybridized carbons (Fsp3) is 0.273. The number of amides is 1. The fourth-order valence-electron chi connectivity index (χ4n) is 2.67. The highest BCUT2D eigenvalue weighted by Crippen LogP contribution is 2.37. The van der Waals surface area contributed by atoms with E-state index in [0.29, 0.717) is 29.2 Å². The molecule has 0 spiro atoms. The van der Waals surface area contributed by atoms with Crippen LogP contribution in [0.3, 0.4) is 0 Å². The van der Waals surface area contributed by atoms with Gasteiger partial charge in [0.15, 0.2) is 5.75 Å². The van der Waals surface area contributed by atoms with Crippen molar-refractivity contribution < 1.29 is 27.4 Å². The molecule has 1 amide bonds. The molecule has 2 aromatic rings. The summed E-state index contributed by atoms with van der Waals surface area (Å²) in [6.45, 7) is 7.41. The number of hydrogen-bond acceptors (Lipinski definition) is 4. The minimum atomic E-state index is -4.42. The molecule has 0 aliphatic heterocycles. The maximum absolute atomic E-state index is 12.7. The number of carbonyl (C=O) groups excluding carboxylic acids is 1. The lowest BCUT2D eigenvalue weighted by Crippen LogP contribution is -2.35. The Bertz CT molecular complexity index is 922. The van der Waals surface area contributed by atoms with Crippen LogP contribution in [0.15, 0.2) is 53.0 Å². The van der Waals surface area contributed by atoms with Crippen molar-refractivity contribution in [2.45, 2.75) is 26.1 Å². The van der Waals surface area contributed by atoms with Crippen molar-refractivity contribution in [2.24, 2.45) is 4.99 Å². The molecule has 1 N–H and O–H groups in total. The smallest absolute Gasteiger partial charge is 0.416 e. The third-order valence-electron chi connectivity index (χ3n) is 4.12. The number of halogens is 3. The molecule has 0 bridgehead atoms. The Hall–Kier alpha value is -3.13. The van der Waals surface area contributed by atoms with E-state index in [0.717, 1.165) is 12.1 Å². The summed E-state index contributed by atoms with van der Waals surface area (Å²) in [5.41, 5.74) is 0.628. The van der Waals surface area contributed by atoms with Crippen LogP contribution in [0.5, 0.6) is 11.5 Å². The van der Waals surface area contributed by atoms with Gasteiger partial charge in [-0.25, -0.2) is 0 Å². The summed E-state index contributed by atoms with van der Waals surface area (Å²) in [5.74, 6) is 0.264. The van der Waals surface area contributed by atoms with Gasteiger partial charge < -0.3 is 14.8 Å². The zero-order valence-electron chi connectivity index (χ0n) is 16.9. The number of para-hydroxylation sites is 1. The third-order valence-corrected chi connectivity index (χ3v) is 4.12. The minimum absolute atomic E-state index is 0.155. The van der Waals surface area contributed by atoms with Gasteiger partial charge in [-0.05, 0) is 57.0 Å². The van der Waals surface area contributed by atoms with Crippen LogP contribution in [0.2, 0.25) is 0 Å². The van der Waals surface area contributed by atoms with Crippen molar-refractivity contribution in [2.75, 3.05) is 13.7 Å². The molecule has 160 valence electrons. The molecular weight excluding hydrogens is 397 g/mol. The molecule has 0 saturated heterocycles. The van der Waals surface area contributed by atoms with Crippen LogP contribution in [0.1, 0.15) is 25.0 Å². The van der Waals surface area contributed by atoms with E-state index >= 15 is 0 Å². The monoisotopic (exact) mass is 420 g/mol. The lowest BCUT2D eigenvalue weighted by atomic mass is 10.1. The molecular formula is C22H23F3N2O3. The number of ether oxygens (including phenoxy) is 2. The van der Waals surface area contributed by atoms with Gasteiger partial charge in [0.05, 0.1) is 12.2 Å². The SMILES string of the molecule is C=Nc1c(/C=C(\C)C(=O)N[C@@H](C)COC)cccc1Oc1ccc(C(F)(F)F)cc1. The molecule has 0 aliphatic rings. The summed E-state index contributed by atoms with van der Waals surface area (Å²) in [5, 5.41) is 2.81. The zero-order chi connectivity index (χ0) is 22.3. The van der Waals surface area contributed by atoms with Gasteiger partial charge in [-0.15, -0.1) is 0 Å². The number of rotatable bonds is 8. The molecule has 5 nitrogen and oxygen atoms in total. The highest BCUT2D eigenvalue weighted by molar-refractivity contribution is 5.98. The van der Waals surface area contributed by atoms with Crippen molar-refractivity contribution in [3.8, 4) is 11.5 Å². The predicted octanol–water partition coefficient (Wildman–Crippen LogP) is 5.38. The maximum Gasteiger partial charge on any atom is 0.416 e. The Morgan fingerprint density at radius 3 is 2.47 bits per heavy atom. The molecule has 0 aliphatic carbocycles. The van der Waals surface area contributed by atoms with Crippen molar-refractivity contribution >= 4 is 24.4 Å². The van der Waals surface area contributed by atoms with E-state index < -0.39 is 11.7 Å². The normalized spacial score (nSPS) is 12.9. The first kappa shape index (κ1) is 23.2. The minimum Gasteiger partial charge on any atom is -0.455 e. The van der Waals surface area contributed by atoms with Gasteiger partial charge >= 0.3 is 6.18 Å². The van der Waals surface area contributed by atoms with Gasteiger partial charge in [0.25, 0.3) is 0 Å². The second-order valence-electron chi connectivity index (χ2n) is 6.63. The summed E-state index contributed by atoms with van der Waals surface area (Å²) < 4.78 is 48.9. The highest BCUT2D eigenvalue weighted by atomic mass is 19.4. The van der Waals surface area contributed by atoms with Gasteiger partial charge in [0, 0.05) is 24.3 Å². The Labute approximate surface area is 173 Å². The molecule has 0 radical (unpaired) electrons. The standard InChI is InChI=1S/C22H23F3N2O3/c1-14(21(28)27-15(2)13-29-4)12-16-6-5-7-19(20(16)26-3)30-18-10-8-17(9-11-18)22(23,24)25/h5-12,15H,3,13H2,1-2,4H3,(H,27,28)/b14-12+/t15-/m0/s1. The first-order valence-corrected chi connectivity index (χ1v) is 9.08. The summed E-state index contributed by atoms with van der Waals surface area (Å²) in [6.07, 6.45) is -2.78. The molecule has 0 aromatic heterocycles.